The van der Waals surface area contributed by atoms with Crippen LogP contribution in [0.4, 0.5) is 11.4 Å². The number of nitrogens with zero attached hydrogens (tertiary/aromatic N) is 1. The van der Waals surface area contributed by atoms with E-state index < -0.39 is 0 Å². The zero-order chi connectivity index (χ0) is 30.2. The summed E-state index contributed by atoms with van der Waals surface area (Å²) in [7, 11) is 0. The number of fused-ring (bicyclic) bond motifs is 3. The summed E-state index contributed by atoms with van der Waals surface area (Å²) in [5, 5.41) is 2.24. The molecule has 0 N–H and O–H groups in total. The number of allylic oxidation sites excluding steroid dienone is 4. The van der Waals surface area contributed by atoms with Crippen LogP contribution in [0.3, 0.4) is 0 Å². The summed E-state index contributed by atoms with van der Waals surface area (Å²) < 4.78 is 6.40. The molecule has 0 fully saturated rings. The van der Waals surface area contributed by atoms with Crippen LogP contribution in [0.15, 0.2) is 173 Å². The van der Waals surface area contributed by atoms with E-state index in [-0.39, 0.29) is 0 Å². The average Bonchev–Trinajstić information content (AvgIpc) is 3.49. The van der Waals surface area contributed by atoms with Crippen LogP contribution < -0.4 is 4.90 Å². The highest BCUT2D eigenvalue weighted by molar-refractivity contribution is 7.80. The fraction of sp³-hybridized carbons (Fsp3) is 0.0476. The Morgan fingerprint density at radius 3 is 2.07 bits per heavy atom. The number of hydrogen-bond acceptors (Lipinski definition) is 3. The zero-order valence-corrected chi connectivity index (χ0v) is 25.6. The minimum absolute atomic E-state index is 0.886. The van der Waals surface area contributed by atoms with Gasteiger partial charge in [-0.15, -0.1) is 12.6 Å². The van der Waals surface area contributed by atoms with Gasteiger partial charge in [0.2, 0.25) is 0 Å². The predicted octanol–water partition coefficient (Wildman–Crippen LogP) is 12.1. The summed E-state index contributed by atoms with van der Waals surface area (Å²) >= 11 is 4.77. The highest BCUT2D eigenvalue weighted by Gasteiger charge is 2.26. The van der Waals surface area contributed by atoms with E-state index in [9.17, 15) is 0 Å². The topological polar surface area (TPSA) is 16.4 Å². The van der Waals surface area contributed by atoms with E-state index in [1.54, 1.807) is 0 Å². The van der Waals surface area contributed by atoms with Crippen LogP contribution in [0.25, 0.3) is 49.8 Å². The molecule has 216 valence electrons. The van der Waals surface area contributed by atoms with Crippen molar-refractivity contribution >= 4 is 51.5 Å². The second-order valence-electron chi connectivity index (χ2n) is 11.4. The van der Waals surface area contributed by atoms with Crippen molar-refractivity contribution in [3.8, 4) is 22.3 Å². The number of anilines is 2. The summed E-state index contributed by atoms with van der Waals surface area (Å²) in [6, 6.07) is 51.4. The van der Waals surface area contributed by atoms with Crippen LogP contribution in [0.1, 0.15) is 18.4 Å². The summed E-state index contributed by atoms with van der Waals surface area (Å²) in [5.41, 5.74) is 12.3. The van der Waals surface area contributed by atoms with Crippen molar-refractivity contribution in [2.75, 3.05) is 4.90 Å². The van der Waals surface area contributed by atoms with E-state index in [1.807, 2.05) is 18.2 Å². The lowest BCUT2D eigenvalue weighted by Gasteiger charge is -2.33. The molecule has 6 aromatic carbocycles. The first kappa shape index (κ1) is 27.3. The van der Waals surface area contributed by atoms with Crippen molar-refractivity contribution in [2.24, 2.45) is 0 Å². The molecule has 1 aliphatic carbocycles. The third-order valence-corrected chi connectivity index (χ3v) is 9.04. The smallest absolute Gasteiger partial charge is 0.137 e. The summed E-state index contributed by atoms with van der Waals surface area (Å²) in [6.07, 6.45) is 6.47. The molecule has 0 saturated carbocycles. The molecule has 0 radical (unpaired) electrons. The van der Waals surface area contributed by atoms with E-state index in [2.05, 4.69) is 144 Å². The molecule has 0 unspecified atom stereocenters. The van der Waals surface area contributed by atoms with Gasteiger partial charge in [0.05, 0.1) is 16.8 Å². The van der Waals surface area contributed by atoms with E-state index in [0.717, 1.165) is 73.3 Å². The van der Waals surface area contributed by atoms with Gasteiger partial charge in [-0.2, -0.15) is 0 Å². The van der Waals surface area contributed by atoms with Crippen molar-refractivity contribution < 1.29 is 4.42 Å². The first-order valence-electron chi connectivity index (χ1n) is 15.4. The Labute approximate surface area is 269 Å². The van der Waals surface area contributed by atoms with Gasteiger partial charge in [0.25, 0.3) is 0 Å². The molecule has 45 heavy (non-hydrogen) atoms. The number of benzene rings is 6. The zero-order valence-electron chi connectivity index (χ0n) is 24.7. The van der Waals surface area contributed by atoms with Crippen molar-refractivity contribution in [3.63, 3.8) is 0 Å². The molecule has 0 saturated heterocycles. The maximum absolute atomic E-state index is 6.40. The molecule has 1 heterocycles. The Morgan fingerprint density at radius 2 is 1.20 bits per heavy atom. The Kier molecular flexibility index (Phi) is 7.09. The quantitative estimate of drug-likeness (QED) is 0.192. The summed E-state index contributed by atoms with van der Waals surface area (Å²) in [6.45, 7) is 0. The van der Waals surface area contributed by atoms with Crippen LogP contribution in [0.2, 0.25) is 0 Å². The van der Waals surface area contributed by atoms with Gasteiger partial charge in [0, 0.05) is 27.1 Å². The molecule has 0 aliphatic heterocycles. The van der Waals surface area contributed by atoms with Crippen molar-refractivity contribution in [1.29, 1.82) is 0 Å². The molecule has 0 spiro atoms. The second kappa shape index (κ2) is 11.7. The Balaban J connectivity index is 1.42. The van der Waals surface area contributed by atoms with Gasteiger partial charge < -0.3 is 9.32 Å². The van der Waals surface area contributed by atoms with E-state index in [0.29, 0.717) is 0 Å². The normalized spacial score (nSPS) is 13.1. The molecule has 3 heteroatoms. The predicted molar refractivity (Wildman–Crippen MR) is 192 cm³/mol. The van der Waals surface area contributed by atoms with E-state index in [1.165, 1.54) is 16.8 Å². The molecule has 0 atom stereocenters. The van der Waals surface area contributed by atoms with Gasteiger partial charge in [-0.3, -0.25) is 0 Å². The fourth-order valence-electron chi connectivity index (χ4n) is 6.61. The van der Waals surface area contributed by atoms with E-state index in [4.69, 9.17) is 17.0 Å². The lowest BCUT2D eigenvalue weighted by molar-refractivity contribution is 0.669. The molecular weight excluding hydrogens is 567 g/mol. The third-order valence-electron chi connectivity index (χ3n) is 8.65. The maximum atomic E-state index is 6.40. The lowest BCUT2D eigenvalue weighted by Crippen LogP contribution is -2.20. The van der Waals surface area contributed by atoms with Gasteiger partial charge in [-0.1, -0.05) is 121 Å². The minimum Gasteiger partial charge on any atom is -0.456 e. The molecule has 0 amide bonds. The summed E-state index contributed by atoms with van der Waals surface area (Å²) in [5.74, 6) is 0. The standard InChI is InChI=1S/C42H31NOS/c45-41-27-11-7-20-34(41)31-17-12-16-30(28-31)33-19-5-9-23-37(33)43(36-22-8-4-18-32(36)29-14-2-1-3-15-29)38-24-13-26-40-42(38)35-21-6-10-25-39(35)44-40/h1-7,9-21,23-28,45H,8,22H2. The molecule has 2 nitrogen and oxygen atoms in total. The van der Waals surface area contributed by atoms with Crippen molar-refractivity contribution in [1.82, 2.24) is 0 Å². The van der Waals surface area contributed by atoms with Crippen LogP contribution in [-0.2, 0) is 0 Å². The number of para-hydroxylation sites is 2. The first-order chi connectivity index (χ1) is 22.3. The lowest BCUT2D eigenvalue weighted by atomic mass is 9.93. The van der Waals surface area contributed by atoms with Crippen molar-refractivity contribution in [3.05, 3.63) is 169 Å². The van der Waals surface area contributed by atoms with E-state index >= 15 is 0 Å². The molecule has 1 aliphatic rings. The molecular formula is C42H31NOS. The highest BCUT2D eigenvalue weighted by atomic mass is 32.1. The summed E-state index contributed by atoms with van der Waals surface area (Å²) in [4.78, 5) is 3.46. The van der Waals surface area contributed by atoms with Crippen LogP contribution in [0, 0.1) is 0 Å². The van der Waals surface area contributed by atoms with Crippen LogP contribution >= 0.6 is 12.6 Å². The number of furan rings is 1. The molecule has 8 rings (SSSR count). The van der Waals surface area contributed by atoms with Gasteiger partial charge in [-0.05, 0) is 71.5 Å². The number of hydrogen-bond donors (Lipinski definition) is 1. The Bertz CT molecular complexity index is 2240. The van der Waals surface area contributed by atoms with Gasteiger partial charge >= 0.3 is 0 Å². The molecule has 0 bridgehead atoms. The second-order valence-corrected chi connectivity index (χ2v) is 11.8. The fourth-order valence-corrected chi connectivity index (χ4v) is 6.90. The van der Waals surface area contributed by atoms with Crippen LogP contribution in [0.5, 0.6) is 0 Å². The molecule has 7 aromatic rings. The highest BCUT2D eigenvalue weighted by Crippen LogP contribution is 2.47. The third kappa shape index (κ3) is 4.96. The van der Waals surface area contributed by atoms with Gasteiger partial charge in [0.15, 0.2) is 0 Å². The Morgan fingerprint density at radius 1 is 0.556 bits per heavy atom. The average molecular weight is 598 g/mol. The van der Waals surface area contributed by atoms with Gasteiger partial charge in [0.1, 0.15) is 11.2 Å². The SMILES string of the molecule is Sc1ccccc1-c1cccc(-c2ccccc2N(C2=C(c3ccccc3)C=CCC2)c2cccc3oc4ccccc4c23)c1. The number of thiol groups is 1. The van der Waals surface area contributed by atoms with Crippen molar-refractivity contribution in [2.45, 2.75) is 17.7 Å². The maximum Gasteiger partial charge on any atom is 0.137 e. The number of rotatable bonds is 6. The largest absolute Gasteiger partial charge is 0.456 e. The minimum atomic E-state index is 0.886. The first-order valence-corrected chi connectivity index (χ1v) is 15.8. The monoisotopic (exact) mass is 597 g/mol. The van der Waals surface area contributed by atoms with Crippen LogP contribution in [-0.4, -0.2) is 0 Å². The van der Waals surface area contributed by atoms with Gasteiger partial charge in [-0.25, -0.2) is 0 Å². The Hall–Kier alpha value is -5.25. The molecule has 1 aromatic heterocycles.